The third kappa shape index (κ3) is 4.55. The van der Waals surface area contributed by atoms with Gasteiger partial charge in [0.05, 0.1) is 18.5 Å². The summed E-state index contributed by atoms with van der Waals surface area (Å²) >= 11 is 0. The smallest absolute Gasteiger partial charge is 0.307 e. The standard InChI is InChI=1S/C14H18N2O5/c1-4-15(6-5-13(17)21-3)14(18)11-7-10(2)8-12(9-11)16(19)20/h7-9H,4-6H2,1-3H3. The van der Waals surface area contributed by atoms with Gasteiger partial charge in [0, 0.05) is 30.8 Å². The molecule has 0 aliphatic heterocycles. The average Bonchev–Trinajstić information content (AvgIpc) is 2.46. The SMILES string of the molecule is CCN(CCC(=O)OC)C(=O)c1cc(C)cc([N+](=O)[O-])c1. The predicted molar refractivity (Wildman–Crippen MR) is 76.0 cm³/mol. The zero-order valence-corrected chi connectivity index (χ0v) is 12.3. The van der Waals surface area contributed by atoms with Crippen molar-refractivity contribution < 1.29 is 19.2 Å². The Labute approximate surface area is 122 Å². The summed E-state index contributed by atoms with van der Waals surface area (Å²) in [5.74, 6) is -0.746. The number of carbonyl (C=O) groups excluding carboxylic acids is 2. The molecule has 1 rings (SSSR count). The van der Waals surface area contributed by atoms with Crippen molar-refractivity contribution in [3.05, 3.63) is 39.4 Å². The van der Waals surface area contributed by atoms with E-state index in [1.165, 1.54) is 24.1 Å². The maximum atomic E-state index is 12.4. The number of nitro groups is 1. The quantitative estimate of drug-likeness (QED) is 0.454. The number of non-ortho nitro benzene ring substituents is 1. The number of amides is 1. The lowest BCUT2D eigenvalue weighted by atomic mass is 10.1. The van der Waals surface area contributed by atoms with Crippen molar-refractivity contribution in [1.82, 2.24) is 4.90 Å². The summed E-state index contributed by atoms with van der Waals surface area (Å²) < 4.78 is 4.53. The average molecular weight is 294 g/mol. The van der Waals surface area contributed by atoms with Gasteiger partial charge < -0.3 is 9.64 Å². The Hall–Kier alpha value is -2.44. The van der Waals surface area contributed by atoms with Crippen LogP contribution in [0.1, 0.15) is 29.3 Å². The molecule has 0 saturated heterocycles. The summed E-state index contributed by atoms with van der Waals surface area (Å²) in [6.45, 7) is 4.08. The molecule has 1 aromatic rings. The maximum Gasteiger partial charge on any atom is 0.307 e. The molecule has 0 bridgehead atoms. The summed E-state index contributed by atoms with van der Waals surface area (Å²) in [5.41, 5.74) is 0.757. The molecule has 0 heterocycles. The van der Waals surface area contributed by atoms with Crippen LogP contribution in [0.5, 0.6) is 0 Å². The van der Waals surface area contributed by atoms with Gasteiger partial charge in [0.15, 0.2) is 0 Å². The molecular formula is C14H18N2O5. The first-order valence-electron chi connectivity index (χ1n) is 6.51. The molecule has 21 heavy (non-hydrogen) atoms. The van der Waals surface area contributed by atoms with Gasteiger partial charge in [0.25, 0.3) is 11.6 Å². The molecule has 7 nitrogen and oxygen atoms in total. The number of carbonyl (C=O) groups is 2. The summed E-state index contributed by atoms with van der Waals surface area (Å²) in [5, 5.41) is 10.8. The molecule has 0 atom stereocenters. The van der Waals surface area contributed by atoms with Crippen LogP contribution >= 0.6 is 0 Å². The van der Waals surface area contributed by atoms with E-state index in [9.17, 15) is 19.7 Å². The summed E-state index contributed by atoms with van der Waals surface area (Å²) in [7, 11) is 1.28. The Morgan fingerprint density at radius 2 is 2.00 bits per heavy atom. The van der Waals surface area contributed by atoms with E-state index >= 15 is 0 Å². The molecule has 1 amide bonds. The Balaban J connectivity index is 2.94. The minimum absolute atomic E-state index is 0.0873. The van der Waals surface area contributed by atoms with Crippen molar-refractivity contribution in [3.63, 3.8) is 0 Å². The second-order valence-electron chi connectivity index (χ2n) is 4.53. The minimum Gasteiger partial charge on any atom is -0.469 e. The van der Waals surface area contributed by atoms with Crippen LogP contribution in [0.4, 0.5) is 5.69 Å². The number of aryl methyl sites for hydroxylation is 1. The molecule has 0 N–H and O–H groups in total. The van der Waals surface area contributed by atoms with E-state index in [2.05, 4.69) is 4.74 Å². The van der Waals surface area contributed by atoms with Crippen LogP contribution in [0.3, 0.4) is 0 Å². The Kier molecular flexibility index (Phi) is 5.83. The first-order valence-corrected chi connectivity index (χ1v) is 6.51. The first-order chi connectivity index (χ1) is 9.88. The van der Waals surface area contributed by atoms with Gasteiger partial charge in [-0.15, -0.1) is 0 Å². The third-order valence-electron chi connectivity index (χ3n) is 3.00. The van der Waals surface area contributed by atoms with Crippen molar-refractivity contribution in [2.24, 2.45) is 0 Å². The lowest BCUT2D eigenvalue weighted by Gasteiger charge is -2.20. The van der Waals surface area contributed by atoms with Crippen molar-refractivity contribution in [2.75, 3.05) is 20.2 Å². The number of hydrogen-bond donors (Lipinski definition) is 0. The number of ether oxygens (including phenoxy) is 1. The highest BCUT2D eigenvalue weighted by Gasteiger charge is 2.19. The fourth-order valence-electron chi connectivity index (χ4n) is 1.91. The monoisotopic (exact) mass is 294 g/mol. The van der Waals surface area contributed by atoms with Crippen LogP contribution in [0.2, 0.25) is 0 Å². The first kappa shape index (κ1) is 16.6. The van der Waals surface area contributed by atoms with E-state index in [0.29, 0.717) is 12.1 Å². The van der Waals surface area contributed by atoms with Crippen molar-refractivity contribution in [1.29, 1.82) is 0 Å². The molecule has 7 heteroatoms. The summed E-state index contributed by atoms with van der Waals surface area (Å²) in [6, 6.07) is 4.24. The van der Waals surface area contributed by atoms with Gasteiger partial charge in [-0.05, 0) is 25.5 Å². The van der Waals surface area contributed by atoms with Crippen molar-refractivity contribution in [2.45, 2.75) is 20.3 Å². The van der Waals surface area contributed by atoms with Gasteiger partial charge >= 0.3 is 5.97 Å². The molecule has 0 aliphatic rings. The number of rotatable bonds is 6. The predicted octanol–water partition coefficient (Wildman–Crippen LogP) is 1.93. The molecule has 0 aliphatic carbocycles. The highest BCUT2D eigenvalue weighted by molar-refractivity contribution is 5.95. The lowest BCUT2D eigenvalue weighted by molar-refractivity contribution is -0.384. The van der Waals surface area contributed by atoms with Crippen LogP contribution in [0.25, 0.3) is 0 Å². The van der Waals surface area contributed by atoms with Crippen LogP contribution in [0.15, 0.2) is 18.2 Å². The van der Waals surface area contributed by atoms with Gasteiger partial charge in [0.1, 0.15) is 0 Å². The molecule has 0 spiro atoms. The highest BCUT2D eigenvalue weighted by Crippen LogP contribution is 2.18. The number of hydrogen-bond acceptors (Lipinski definition) is 5. The van der Waals surface area contributed by atoms with E-state index in [0.717, 1.165) is 0 Å². The number of nitro benzene ring substituents is 1. The number of methoxy groups -OCH3 is 1. The molecule has 0 unspecified atom stereocenters. The van der Waals surface area contributed by atoms with Gasteiger partial charge in [-0.3, -0.25) is 19.7 Å². The zero-order valence-electron chi connectivity index (χ0n) is 12.3. The van der Waals surface area contributed by atoms with Crippen molar-refractivity contribution >= 4 is 17.6 Å². The fourth-order valence-corrected chi connectivity index (χ4v) is 1.91. The fraction of sp³-hybridized carbons (Fsp3) is 0.429. The topological polar surface area (TPSA) is 89.8 Å². The third-order valence-corrected chi connectivity index (χ3v) is 3.00. The molecule has 0 aromatic heterocycles. The van der Waals surface area contributed by atoms with Gasteiger partial charge in [0.2, 0.25) is 0 Å². The van der Waals surface area contributed by atoms with E-state index in [1.807, 2.05) is 0 Å². The van der Waals surface area contributed by atoms with Crippen LogP contribution in [0, 0.1) is 17.0 Å². The van der Waals surface area contributed by atoms with E-state index < -0.39 is 10.9 Å². The van der Waals surface area contributed by atoms with E-state index in [1.54, 1.807) is 19.9 Å². The normalized spacial score (nSPS) is 10.0. The Morgan fingerprint density at radius 3 is 2.52 bits per heavy atom. The second-order valence-corrected chi connectivity index (χ2v) is 4.53. The van der Waals surface area contributed by atoms with E-state index in [4.69, 9.17) is 0 Å². The summed E-state index contributed by atoms with van der Waals surface area (Å²) in [4.78, 5) is 35.3. The minimum atomic E-state index is -0.533. The highest BCUT2D eigenvalue weighted by atomic mass is 16.6. The molecule has 0 fully saturated rings. The zero-order chi connectivity index (χ0) is 16.0. The van der Waals surface area contributed by atoms with Gasteiger partial charge in [-0.25, -0.2) is 0 Å². The van der Waals surface area contributed by atoms with Gasteiger partial charge in [-0.1, -0.05) is 0 Å². The van der Waals surface area contributed by atoms with Crippen LogP contribution in [-0.4, -0.2) is 41.9 Å². The van der Waals surface area contributed by atoms with Crippen LogP contribution in [-0.2, 0) is 9.53 Å². The lowest BCUT2D eigenvalue weighted by Crippen LogP contribution is -2.33. The largest absolute Gasteiger partial charge is 0.469 e. The molecule has 0 saturated carbocycles. The molecular weight excluding hydrogens is 276 g/mol. The summed E-state index contributed by atoms with van der Waals surface area (Å²) in [6.07, 6.45) is 0.0873. The maximum absolute atomic E-state index is 12.4. The second kappa shape index (κ2) is 7.37. The molecule has 1 aromatic carbocycles. The van der Waals surface area contributed by atoms with Crippen LogP contribution < -0.4 is 0 Å². The van der Waals surface area contributed by atoms with E-state index in [-0.39, 0.29) is 30.1 Å². The van der Waals surface area contributed by atoms with Crippen molar-refractivity contribution in [3.8, 4) is 0 Å². The number of esters is 1. The Bertz CT molecular complexity index is 556. The number of benzene rings is 1. The number of nitrogens with zero attached hydrogens (tertiary/aromatic N) is 2. The Morgan fingerprint density at radius 1 is 1.33 bits per heavy atom. The van der Waals surface area contributed by atoms with Gasteiger partial charge in [-0.2, -0.15) is 0 Å². The molecule has 0 radical (unpaired) electrons. The molecule has 114 valence electrons.